The van der Waals surface area contributed by atoms with E-state index in [-0.39, 0.29) is 22.8 Å². The van der Waals surface area contributed by atoms with Crippen LogP contribution >= 0.6 is 0 Å². The fourth-order valence-corrected chi connectivity index (χ4v) is 3.90. The summed E-state index contributed by atoms with van der Waals surface area (Å²) in [5.74, 6) is 0.538. The Kier molecular flexibility index (Phi) is 6.00. The van der Waals surface area contributed by atoms with E-state index in [0.29, 0.717) is 17.1 Å². The second kappa shape index (κ2) is 8.28. The van der Waals surface area contributed by atoms with E-state index < -0.39 is 10.0 Å². The molecule has 0 bridgehead atoms. The number of carbonyl (C=O) groups excluding carboxylic acids is 1. The van der Waals surface area contributed by atoms with Crippen LogP contribution in [0.15, 0.2) is 33.7 Å². The second-order valence-corrected chi connectivity index (χ2v) is 8.82. The van der Waals surface area contributed by atoms with Crippen molar-refractivity contribution in [1.29, 1.82) is 0 Å². The lowest BCUT2D eigenvalue weighted by atomic mass is 10.2. The molecule has 1 amide bonds. The first kappa shape index (κ1) is 20.3. The molecule has 3 rings (SSSR count). The van der Waals surface area contributed by atoms with Gasteiger partial charge in [0.05, 0.1) is 4.90 Å². The minimum atomic E-state index is -3.52. The van der Waals surface area contributed by atoms with Crippen LogP contribution in [0.3, 0.4) is 0 Å². The molecule has 0 saturated heterocycles. The third-order valence-corrected chi connectivity index (χ3v) is 6.28. The second-order valence-electron chi connectivity index (χ2n) is 7.10. The minimum absolute atomic E-state index is 0.00989. The van der Waals surface area contributed by atoms with E-state index in [0.717, 1.165) is 24.8 Å². The van der Waals surface area contributed by atoms with Gasteiger partial charge in [-0.25, -0.2) is 13.1 Å². The molecular weight excluding hydrogens is 378 g/mol. The van der Waals surface area contributed by atoms with E-state index in [4.69, 9.17) is 4.52 Å². The Hall–Kier alpha value is -2.45. The van der Waals surface area contributed by atoms with Gasteiger partial charge in [-0.05, 0) is 56.9 Å². The number of anilines is 1. The first-order valence-electron chi connectivity index (χ1n) is 9.37. The number of rotatable bonds is 8. The molecule has 1 aliphatic rings. The van der Waals surface area contributed by atoms with Crippen molar-refractivity contribution in [3.63, 3.8) is 0 Å². The van der Waals surface area contributed by atoms with Crippen molar-refractivity contribution in [3.8, 4) is 0 Å². The van der Waals surface area contributed by atoms with Gasteiger partial charge in [0.25, 0.3) is 0 Å². The van der Waals surface area contributed by atoms with Crippen molar-refractivity contribution in [3.05, 3.63) is 41.3 Å². The van der Waals surface area contributed by atoms with E-state index in [1.54, 1.807) is 43.3 Å². The topological polar surface area (TPSA) is 101 Å². The Morgan fingerprint density at radius 3 is 2.57 bits per heavy atom. The molecule has 2 aromatic rings. The summed E-state index contributed by atoms with van der Waals surface area (Å²) in [6, 6.07) is 6.43. The molecule has 0 aliphatic heterocycles. The van der Waals surface area contributed by atoms with Gasteiger partial charge >= 0.3 is 0 Å². The summed E-state index contributed by atoms with van der Waals surface area (Å²) in [6.07, 6.45) is 6.05. The lowest BCUT2D eigenvalue weighted by Gasteiger charge is -2.12. The molecule has 7 nitrogen and oxygen atoms in total. The van der Waals surface area contributed by atoms with Crippen molar-refractivity contribution in [2.75, 3.05) is 5.32 Å². The lowest BCUT2D eigenvalue weighted by molar-refractivity contribution is -0.117. The first-order valence-corrected chi connectivity index (χ1v) is 10.9. The number of amides is 1. The van der Waals surface area contributed by atoms with E-state index in [1.807, 2.05) is 13.8 Å². The van der Waals surface area contributed by atoms with Gasteiger partial charge in [0.1, 0.15) is 11.4 Å². The number of aryl methyl sites for hydroxylation is 1. The highest BCUT2D eigenvalue weighted by Gasteiger charge is 2.30. The number of hydrogen-bond acceptors (Lipinski definition) is 5. The fraction of sp³-hybridized carbons (Fsp3) is 0.400. The van der Waals surface area contributed by atoms with Gasteiger partial charge in [0, 0.05) is 12.0 Å². The zero-order valence-corrected chi connectivity index (χ0v) is 17.0. The molecule has 1 heterocycles. The van der Waals surface area contributed by atoms with Crippen LogP contribution in [-0.4, -0.2) is 25.5 Å². The van der Waals surface area contributed by atoms with Crippen molar-refractivity contribution >= 4 is 33.8 Å². The molecule has 1 saturated carbocycles. The van der Waals surface area contributed by atoms with Crippen molar-refractivity contribution < 1.29 is 17.7 Å². The van der Waals surface area contributed by atoms with Crippen molar-refractivity contribution in [2.45, 2.75) is 51.0 Å². The van der Waals surface area contributed by atoms with Gasteiger partial charge < -0.3 is 9.84 Å². The number of nitrogens with zero attached hydrogens (tertiary/aromatic N) is 1. The molecule has 1 aromatic carbocycles. The van der Waals surface area contributed by atoms with Crippen LogP contribution < -0.4 is 10.0 Å². The summed E-state index contributed by atoms with van der Waals surface area (Å²) in [7, 11) is -3.52. The van der Waals surface area contributed by atoms with Crippen LogP contribution in [-0.2, 0) is 14.8 Å². The van der Waals surface area contributed by atoms with Gasteiger partial charge in [-0.1, -0.05) is 30.3 Å². The number of sulfonamides is 1. The molecule has 1 aromatic heterocycles. The van der Waals surface area contributed by atoms with Crippen LogP contribution in [0.2, 0.25) is 0 Å². The molecule has 28 heavy (non-hydrogen) atoms. The molecule has 2 N–H and O–H groups in total. The summed E-state index contributed by atoms with van der Waals surface area (Å²) in [4.78, 5) is 12.2. The van der Waals surface area contributed by atoms with E-state index in [2.05, 4.69) is 15.2 Å². The van der Waals surface area contributed by atoms with Gasteiger partial charge in [-0.3, -0.25) is 4.79 Å². The van der Waals surface area contributed by atoms with E-state index >= 15 is 0 Å². The standard InChI is InChI=1S/C20H25N3O4S/c1-4-13(2)23-28(25,26)17-10-5-15(6-11-17)7-12-18-19(14(3)22-27-18)21-20(24)16-8-9-16/h5-7,10-13,16,23H,4,8-9H2,1-3H3,(H,21,24)/b12-7-. The SMILES string of the molecule is CCC(C)NS(=O)(=O)c1ccc(/C=C\c2onc(C)c2NC(=O)C2CC2)cc1. The zero-order chi connectivity index (χ0) is 20.3. The minimum Gasteiger partial charge on any atom is -0.354 e. The van der Waals surface area contributed by atoms with E-state index in [9.17, 15) is 13.2 Å². The fourth-order valence-electron chi connectivity index (χ4n) is 2.57. The summed E-state index contributed by atoms with van der Waals surface area (Å²) in [5.41, 5.74) is 1.99. The Morgan fingerprint density at radius 1 is 1.29 bits per heavy atom. The summed E-state index contributed by atoms with van der Waals surface area (Å²) < 4.78 is 32.5. The van der Waals surface area contributed by atoms with Crippen molar-refractivity contribution in [2.24, 2.45) is 5.92 Å². The Balaban J connectivity index is 1.72. The normalized spacial score (nSPS) is 15.7. The Morgan fingerprint density at radius 2 is 1.96 bits per heavy atom. The monoisotopic (exact) mass is 403 g/mol. The summed E-state index contributed by atoms with van der Waals surface area (Å²) in [5, 5.41) is 6.79. The average Bonchev–Trinajstić information content (AvgIpc) is 3.46. The van der Waals surface area contributed by atoms with Crippen LogP contribution in [0.25, 0.3) is 12.2 Å². The maximum absolute atomic E-state index is 12.3. The van der Waals surface area contributed by atoms with Gasteiger partial charge in [0.15, 0.2) is 5.76 Å². The summed E-state index contributed by atoms with van der Waals surface area (Å²) in [6.45, 7) is 5.52. The van der Waals surface area contributed by atoms with Crippen LogP contribution in [0.5, 0.6) is 0 Å². The molecule has 0 spiro atoms. The highest BCUT2D eigenvalue weighted by atomic mass is 32.2. The van der Waals surface area contributed by atoms with Crippen molar-refractivity contribution in [1.82, 2.24) is 9.88 Å². The molecular formula is C20H25N3O4S. The van der Waals surface area contributed by atoms with Crippen LogP contribution in [0.4, 0.5) is 5.69 Å². The maximum Gasteiger partial charge on any atom is 0.240 e. The van der Waals surface area contributed by atoms with Gasteiger partial charge in [0.2, 0.25) is 15.9 Å². The quantitative estimate of drug-likeness (QED) is 0.701. The number of benzene rings is 1. The molecule has 8 heteroatoms. The highest BCUT2D eigenvalue weighted by Crippen LogP contribution is 2.32. The Labute approximate surface area is 165 Å². The molecule has 1 fully saturated rings. The third-order valence-electron chi connectivity index (χ3n) is 4.67. The van der Waals surface area contributed by atoms with E-state index in [1.165, 1.54) is 0 Å². The van der Waals surface area contributed by atoms with Gasteiger partial charge in [-0.2, -0.15) is 0 Å². The van der Waals surface area contributed by atoms with Crippen LogP contribution in [0.1, 0.15) is 50.1 Å². The molecule has 1 unspecified atom stereocenters. The van der Waals surface area contributed by atoms with Crippen LogP contribution in [0, 0.1) is 12.8 Å². The first-order chi connectivity index (χ1) is 13.3. The average molecular weight is 404 g/mol. The molecule has 1 aliphatic carbocycles. The smallest absolute Gasteiger partial charge is 0.240 e. The predicted octanol–water partition coefficient (Wildman–Crippen LogP) is 3.58. The molecule has 0 radical (unpaired) electrons. The largest absolute Gasteiger partial charge is 0.354 e. The highest BCUT2D eigenvalue weighted by molar-refractivity contribution is 7.89. The molecule has 1 atom stereocenters. The van der Waals surface area contributed by atoms with Gasteiger partial charge in [-0.15, -0.1) is 0 Å². The molecule has 150 valence electrons. The predicted molar refractivity (Wildman–Crippen MR) is 108 cm³/mol. The number of hydrogen-bond donors (Lipinski definition) is 2. The zero-order valence-electron chi connectivity index (χ0n) is 16.2. The number of nitrogens with one attached hydrogen (secondary N) is 2. The maximum atomic E-state index is 12.3. The summed E-state index contributed by atoms with van der Waals surface area (Å²) >= 11 is 0. The lowest BCUT2D eigenvalue weighted by Crippen LogP contribution is -2.31. The number of carbonyl (C=O) groups is 1. The third kappa shape index (κ3) is 4.88. The number of aromatic nitrogens is 1. The Bertz CT molecular complexity index is 973.